The van der Waals surface area contributed by atoms with Crippen LogP contribution in [0.2, 0.25) is 0 Å². The summed E-state index contributed by atoms with van der Waals surface area (Å²) in [5.41, 5.74) is 5.50. The summed E-state index contributed by atoms with van der Waals surface area (Å²) in [5.74, 6) is 0.830. The molecule has 10 nitrogen and oxygen atoms in total. The molecule has 0 saturated heterocycles. The second kappa shape index (κ2) is 8.27. The number of hydrogen-bond donors (Lipinski definition) is 2. The lowest BCUT2D eigenvalue weighted by atomic mass is 9.79. The van der Waals surface area contributed by atoms with E-state index in [1.165, 1.54) is 6.33 Å². The van der Waals surface area contributed by atoms with E-state index in [9.17, 15) is 14.5 Å². The molecule has 2 N–H and O–H groups in total. The Kier molecular flexibility index (Phi) is 4.84. The molecule has 2 aromatic heterocycles. The van der Waals surface area contributed by atoms with Gasteiger partial charge in [0.1, 0.15) is 29.3 Å². The number of rotatable bonds is 4. The van der Waals surface area contributed by atoms with Crippen molar-refractivity contribution in [3.05, 3.63) is 100.0 Å². The first-order valence-corrected chi connectivity index (χ1v) is 12.3. The lowest BCUT2D eigenvalue weighted by Crippen LogP contribution is -2.35. The number of amides is 2. The van der Waals surface area contributed by atoms with Crippen LogP contribution in [0.1, 0.15) is 32.7 Å². The highest BCUT2D eigenvalue weighted by atomic mass is 16.3. The Bertz CT molecular complexity index is 1670. The minimum atomic E-state index is -0.635. The number of fused-ring (bicyclic) bond motifs is 4. The van der Waals surface area contributed by atoms with E-state index in [1.807, 2.05) is 36.4 Å². The lowest BCUT2D eigenvalue weighted by molar-refractivity contribution is -0.120. The van der Waals surface area contributed by atoms with Gasteiger partial charge in [-0.3, -0.25) is 9.59 Å². The molecule has 1 aliphatic carbocycles. The van der Waals surface area contributed by atoms with E-state index in [1.54, 1.807) is 29.3 Å². The van der Waals surface area contributed by atoms with Gasteiger partial charge in [-0.05, 0) is 71.5 Å². The maximum absolute atomic E-state index is 13.3. The van der Waals surface area contributed by atoms with Gasteiger partial charge >= 0.3 is 0 Å². The Morgan fingerprint density at radius 2 is 1.87 bits per heavy atom. The molecule has 2 aliphatic heterocycles. The van der Waals surface area contributed by atoms with Gasteiger partial charge in [-0.2, -0.15) is 0 Å². The van der Waals surface area contributed by atoms with E-state index in [2.05, 4.69) is 30.8 Å². The molecule has 2 aromatic carbocycles. The van der Waals surface area contributed by atoms with Gasteiger partial charge in [0.25, 0.3) is 5.91 Å². The molecule has 1 atom stereocenters. The number of anilines is 4. The third kappa shape index (κ3) is 3.37. The van der Waals surface area contributed by atoms with E-state index in [4.69, 9.17) is 0 Å². The van der Waals surface area contributed by atoms with Gasteiger partial charge in [-0.1, -0.05) is 18.2 Å². The standard InChI is InChI=1S/C28H21N7O3/c36-26(35-9-7-16-3-6-20(34-38)11-23(16)35)22-12-24(31-15-30-22)32-19-5-4-17-13-28(14-18(17)10-19)21-2-1-8-29-25(21)33-27(28)37/h1-6,8,10-12,15H,7,9,13-14H2,(H,29,33,37)(H,30,31,32). The van der Waals surface area contributed by atoms with Crippen molar-refractivity contribution in [3.8, 4) is 0 Å². The monoisotopic (exact) mass is 503 g/mol. The highest BCUT2D eigenvalue weighted by Crippen LogP contribution is 2.47. The number of carbonyl (C=O) groups is 2. The number of nitrogens with zero attached hydrogens (tertiary/aromatic N) is 5. The normalized spacial score (nSPS) is 18.6. The van der Waals surface area contributed by atoms with E-state index in [0.29, 0.717) is 43.1 Å². The number of carbonyl (C=O) groups excluding carboxylic acids is 2. The van der Waals surface area contributed by atoms with Crippen molar-refractivity contribution in [2.45, 2.75) is 24.7 Å². The molecule has 0 saturated carbocycles. The number of aromatic nitrogens is 3. The van der Waals surface area contributed by atoms with Crippen LogP contribution < -0.4 is 15.5 Å². The largest absolute Gasteiger partial charge is 0.340 e. The minimum absolute atomic E-state index is 0.0182. The molecule has 1 unspecified atom stereocenters. The summed E-state index contributed by atoms with van der Waals surface area (Å²) in [6, 6.07) is 16.6. The Morgan fingerprint density at radius 3 is 2.76 bits per heavy atom. The number of benzene rings is 2. The van der Waals surface area contributed by atoms with Crippen LogP contribution in [0.4, 0.5) is 28.7 Å². The van der Waals surface area contributed by atoms with Crippen LogP contribution >= 0.6 is 0 Å². The molecule has 0 bridgehead atoms. The average molecular weight is 504 g/mol. The fourth-order valence-corrected chi connectivity index (χ4v) is 5.81. The molecule has 186 valence electrons. The second-order valence-electron chi connectivity index (χ2n) is 9.80. The van der Waals surface area contributed by atoms with Crippen molar-refractivity contribution in [1.82, 2.24) is 15.0 Å². The summed E-state index contributed by atoms with van der Waals surface area (Å²) in [6.07, 6.45) is 4.95. The highest BCUT2D eigenvalue weighted by Gasteiger charge is 2.51. The first-order chi connectivity index (χ1) is 18.5. The van der Waals surface area contributed by atoms with Crippen molar-refractivity contribution < 1.29 is 9.59 Å². The van der Waals surface area contributed by atoms with Crippen molar-refractivity contribution >= 4 is 40.5 Å². The number of pyridine rings is 1. The van der Waals surface area contributed by atoms with Crippen LogP contribution in [-0.4, -0.2) is 33.3 Å². The summed E-state index contributed by atoms with van der Waals surface area (Å²) in [6.45, 7) is 0.502. The SMILES string of the molecule is O=Nc1ccc2c(c1)N(C(=O)c1cc(Nc3ccc4c(c3)CC3(C4)C(=O)Nc4ncccc43)ncn1)CC2. The van der Waals surface area contributed by atoms with Gasteiger partial charge in [0, 0.05) is 35.7 Å². The molecule has 0 radical (unpaired) electrons. The number of hydrogen-bond acceptors (Lipinski definition) is 8. The summed E-state index contributed by atoms with van der Waals surface area (Å²) in [4.78, 5) is 51.7. The maximum atomic E-state index is 13.3. The van der Waals surface area contributed by atoms with Gasteiger partial charge in [0.05, 0.1) is 5.41 Å². The zero-order valence-corrected chi connectivity index (χ0v) is 20.1. The number of nitrogens with one attached hydrogen (secondary N) is 2. The van der Waals surface area contributed by atoms with Crippen LogP contribution in [0.15, 0.2) is 72.3 Å². The predicted octanol–water partition coefficient (Wildman–Crippen LogP) is 4.20. The molecule has 0 fully saturated rings. The Balaban J connectivity index is 1.13. The molecule has 7 rings (SSSR count). The zero-order valence-electron chi connectivity index (χ0n) is 20.1. The Labute approximate surface area is 217 Å². The van der Waals surface area contributed by atoms with E-state index < -0.39 is 5.41 Å². The summed E-state index contributed by atoms with van der Waals surface area (Å²) in [5, 5.41) is 9.20. The third-order valence-electron chi connectivity index (χ3n) is 7.65. The van der Waals surface area contributed by atoms with Crippen molar-refractivity contribution in [1.29, 1.82) is 0 Å². The summed E-state index contributed by atoms with van der Waals surface area (Å²) < 4.78 is 0. The smallest absolute Gasteiger partial charge is 0.277 e. The van der Waals surface area contributed by atoms with Gasteiger partial charge in [-0.25, -0.2) is 15.0 Å². The van der Waals surface area contributed by atoms with E-state index >= 15 is 0 Å². The molecular formula is C28H21N7O3. The summed E-state index contributed by atoms with van der Waals surface area (Å²) in [7, 11) is 0. The van der Waals surface area contributed by atoms with E-state index in [-0.39, 0.29) is 23.2 Å². The van der Waals surface area contributed by atoms with Crippen molar-refractivity contribution in [2.75, 3.05) is 22.1 Å². The zero-order chi connectivity index (χ0) is 25.9. The molecule has 4 heterocycles. The van der Waals surface area contributed by atoms with Crippen LogP contribution in [0, 0.1) is 4.91 Å². The Morgan fingerprint density at radius 1 is 1.00 bits per heavy atom. The van der Waals surface area contributed by atoms with Crippen molar-refractivity contribution in [3.63, 3.8) is 0 Å². The molecule has 38 heavy (non-hydrogen) atoms. The predicted molar refractivity (Wildman–Crippen MR) is 141 cm³/mol. The quantitative estimate of drug-likeness (QED) is 0.399. The van der Waals surface area contributed by atoms with Crippen LogP contribution in [0.25, 0.3) is 0 Å². The van der Waals surface area contributed by atoms with Crippen LogP contribution in [0.3, 0.4) is 0 Å². The summed E-state index contributed by atoms with van der Waals surface area (Å²) >= 11 is 0. The van der Waals surface area contributed by atoms with Gasteiger partial charge in [0.15, 0.2) is 0 Å². The van der Waals surface area contributed by atoms with Gasteiger partial charge < -0.3 is 15.5 Å². The minimum Gasteiger partial charge on any atom is -0.340 e. The second-order valence-corrected chi connectivity index (χ2v) is 9.80. The van der Waals surface area contributed by atoms with Crippen LogP contribution in [0.5, 0.6) is 0 Å². The molecule has 3 aliphatic rings. The van der Waals surface area contributed by atoms with Crippen LogP contribution in [-0.2, 0) is 29.5 Å². The number of nitroso groups, excluding NO2 is 1. The Hall–Kier alpha value is -4.99. The fourth-order valence-electron chi connectivity index (χ4n) is 5.81. The van der Waals surface area contributed by atoms with Gasteiger partial charge in [0.2, 0.25) is 5.91 Å². The third-order valence-corrected chi connectivity index (χ3v) is 7.65. The molecule has 4 aromatic rings. The lowest BCUT2D eigenvalue weighted by Gasteiger charge is -2.20. The first kappa shape index (κ1) is 22.2. The molecule has 1 spiro atoms. The first-order valence-electron chi connectivity index (χ1n) is 12.3. The molecule has 2 amide bonds. The molecule has 10 heteroatoms. The van der Waals surface area contributed by atoms with E-state index in [0.717, 1.165) is 27.9 Å². The highest BCUT2D eigenvalue weighted by molar-refractivity contribution is 6.07. The molecular weight excluding hydrogens is 482 g/mol. The fraction of sp³-hybridized carbons (Fsp3) is 0.179. The van der Waals surface area contributed by atoms with Gasteiger partial charge in [-0.15, -0.1) is 4.91 Å². The maximum Gasteiger partial charge on any atom is 0.277 e. The average Bonchev–Trinajstić information content (AvgIpc) is 3.61. The topological polar surface area (TPSA) is 130 Å². The van der Waals surface area contributed by atoms with Crippen molar-refractivity contribution in [2.24, 2.45) is 5.18 Å².